The van der Waals surface area contributed by atoms with Crippen molar-refractivity contribution in [2.75, 3.05) is 5.32 Å². The SMILES string of the molecule is CC(C)(Sc1cnc(NC(=O)CCC(CC2CCCCC2)C2CCCCC2)s1)C(=O)O. The van der Waals surface area contributed by atoms with Crippen LogP contribution in [0.15, 0.2) is 10.4 Å². The molecule has 2 aliphatic rings. The Balaban J connectivity index is 1.51. The molecule has 0 bridgehead atoms. The lowest BCUT2D eigenvalue weighted by Crippen LogP contribution is -2.26. The fourth-order valence-corrected chi connectivity index (χ4v) is 7.45. The summed E-state index contributed by atoms with van der Waals surface area (Å²) in [6.07, 6.45) is 18.2. The standard InChI is InChI=1S/C24H38N2O3S2/c1-24(2,22(28)29)31-21-16-25-23(30-21)26-20(27)14-13-19(18-11-7-4-8-12-18)15-17-9-5-3-6-10-17/h16-19H,3-15H2,1-2H3,(H,28,29)(H,25,26,27). The molecule has 2 fully saturated rings. The fraction of sp³-hybridized carbons (Fsp3) is 0.792. The molecule has 1 heterocycles. The van der Waals surface area contributed by atoms with Crippen LogP contribution >= 0.6 is 23.1 Å². The van der Waals surface area contributed by atoms with E-state index in [9.17, 15) is 14.7 Å². The van der Waals surface area contributed by atoms with Gasteiger partial charge in [-0.3, -0.25) is 9.59 Å². The summed E-state index contributed by atoms with van der Waals surface area (Å²) in [5.41, 5.74) is 0. The molecule has 0 aromatic carbocycles. The summed E-state index contributed by atoms with van der Waals surface area (Å²) in [4.78, 5) is 28.3. The Morgan fingerprint density at radius 1 is 1.16 bits per heavy atom. The number of carboxylic acid groups (broad SMARTS) is 1. The molecule has 7 heteroatoms. The third-order valence-corrected chi connectivity index (χ3v) is 9.22. The summed E-state index contributed by atoms with van der Waals surface area (Å²) >= 11 is 2.62. The van der Waals surface area contributed by atoms with E-state index in [1.54, 1.807) is 20.0 Å². The lowest BCUT2D eigenvalue weighted by atomic mass is 9.72. The van der Waals surface area contributed by atoms with Gasteiger partial charge in [-0.2, -0.15) is 0 Å². The Hall–Kier alpha value is -1.08. The van der Waals surface area contributed by atoms with Crippen LogP contribution in [0.1, 0.15) is 97.3 Å². The lowest BCUT2D eigenvalue weighted by Gasteiger charge is -2.34. The molecule has 3 rings (SSSR count). The highest BCUT2D eigenvalue weighted by molar-refractivity contribution is 8.03. The zero-order valence-electron chi connectivity index (χ0n) is 19.0. The van der Waals surface area contributed by atoms with Gasteiger partial charge in [0.05, 0.1) is 10.4 Å². The van der Waals surface area contributed by atoms with Crippen molar-refractivity contribution < 1.29 is 14.7 Å². The molecule has 1 aromatic rings. The molecule has 0 saturated heterocycles. The smallest absolute Gasteiger partial charge is 0.319 e. The molecule has 0 aliphatic heterocycles. The number of carbonyl (C=O) groups excluding carboxylic acids is 1. The third-order valence-electron chi connectivity index (χ3n) is 7.02. The van der Waals surface area contributed by atoms with Gasteiger partial charge in [-0.25, -0.2) is 4.98 Å². The number of aliphatic carboxylic acids is 1. The summed E-state index contributed by atoms with van der Waals surface area (Å²) in [6, 6.07) is 0. The molecular weight excluding hydrogens is 428 g/mol. The summed E-state index contributed by atoms with van der Waals surface area (Å²) < 4.78 is -0.111. The van der Waals surface area contributed by atoms with Gasteiger partial charge in [0.25, 0.3) is 0 Å². The average molecular weight is 467 g/mol. The number of amides is 1. The largest absolute Gasteiger partial charge is 0.480 e. The van der Waals surface area contributed by atoms with Gasteiger partial charge in [-0.05, 0) is 44.4 Å². The maximum Gasteiger partial charge on any atom is 0.319 e. The molecule has 2 aliphatic carbocycles. The van der Waals surface area contributed by atoms with Crippen LogP contribution in [0.2, 0.25) is 0 Å². The number of nitrogens with one attached hydrogen (secondary N) is 1. The summed E-state index contributed by atoms with van der Waals surface area (Å²) in [5, 5.41) is 12.8. The normalized spacial score (nSPS) is 19.8. The first-order valence-corrected chi connectivity index (χ1v) is 13.6. The van der Waals surface area contributed by atoms with E-state index in [2.05, 4.69) is 10.3 Å². The van der Waals surface area contributed by atoms with Crippen LogP contribution in [0.5, 0.6) is 0 Å². The van der Waals surface area contributed by atoms with Gasteiger partial charge in [0, 0.05) is 6.42 Å². The molecule has 2 N–H and O–H groups in total. The molecule has 5 nitrogen and oxygen atoms in total. The van der Waals surface area contributed by atoms with Crippen LogP contribution in [0.25, 0.3) is 0 Å². The number of thiazole rings is 1. The second-order valence-corrected chi connectivity index (χ2v) is 12.8. The van der Waals surface area contributed by atoms with Gasteiger partial charge in [0.1, 0.15) is 4.75 Å². The molecule has 0 spiro atoms. The van der Waals surface area contributed by atoms with Crippen molar-refractivity contribution in [2.45, 2.75) is 106 Å². The van der Waals surface area contributed by atoms with Crippen LogP contribution in [0.4, 0.5) is 5.13 Å². The minimum Gasteiger partial charge on any atom is -0.480 e. The fourth-order valence-electron chi connectivity index (χ4n) is 5.16. The number of hydrogen-bond donors (Lipinski definition) is 2. The van der Waals surface area contributed by atoms with Crippen molar-refractivity contribution in [1.29, 1.82) is 0 Å². The van der Waals surface area contributed by atoms with E-state index < -0.39 is 10.7 Å². The van der Waals surface area contributed by atoms with E-state index in [1.165, 1.54) is 93.7 Å². The molecule has 2 saturated carbocycles. The summed E-state index contributed by atoms with van der Waals surface area (Å²) in [7, 11) is 0. The highest BCUT2D eigenvalue weighted by Crippen LogP contribution is 2.40. The number of thioether (sulfide) groups is 1. The Labute approximate surface area is 195 Å². The first kappa shape index (κ1) is 24.6. The predicted molar refractivity (Wildman–Crippen MR) is 129 cm³/mol. The minimum absolute atomic E-state index is 0.0350. The molecular formula is C24H38N2O3S2. The third kappa shape index (κ3) is 7.77. The van der Waals surface area contributed by atoms with Crippen molar-refractivity contribution in [3.63, 3.8) is 0 Å². The molecule has 31 heavy (non-hydrogen) atoms. The van der Waals surface area contributed by atoms with Gasteiger partial charge in [-0.15, -0.1) is 0 Å². The molecule has 1 atom stereocenters. The molecule has 174 valence electrons. The van der Waals surface area contributed by atoms with Crippen molar-refractivity contribution in [2.24, 2.45) is 17.8 Å². The van der Waals surface area contributed by atoms with Gasteiger partial charge < -0.3 is 10.4 Å². The first-order chi connectivity index (χ1) is 14.8. The van der Waals surface area contributed by atoms with E-state index in [0.717, 1.165) is 22.5 Å². The van der Waals surface area contributed by atoms with E-state index in [0.29, 0.717) is 17.5 Å². The minimum atomic E-state index is -0.917. The monoisotopic (exact) mass is 466 g/mol. The second-order valence-electron chi connectivity index (χ2n) is 9.89. The summed E-state index contributed by atoms with van der Waals surface area (Å²) in [6.45, 7) is 3.35. The van der Waals surface area contributed by atoms with Gasteiger partial charge in [0.2, 0.25) is 5.91 Å². The highest BCUT2D eigenvalue weighted by Gasteiger charge is 2.30. The van der Waals surface area contributed by atoms with Crippen LogP contribution < -0.4 is 5.32 Å². The Bertz CT molecular complexity index is 722. The Kier molecular flexibility index (Phi) is 9.26. The quantitative estimate of drug-likeness (QED) is 0.363. The zero-order chi connectivity index (χ0) is 22.3. The topological polar surface area (TPSA) is 79.3 Å². The predicted octanol–water partition coefficient (Wildman–Crippen LogP) is 6.98. The van der Waals surface area contributed by atoms with E-state index in [1.807, 2.05) is 0 Å². The van der Waals surface area contributed by atoms with E-state index >= 15 is 0 Å². The van der Waals surface area contributed by atoms with Gasteiger partial charge in [0.15, 0.2) is 5.13 Å². The maximum absolute atomic E-state index is 12.6. The highest BCUT2D eigenvalue weighted by atomic mass is 32.2. The van der Waals surface area contributed by atoms with E-state index in [4.69, 9.17) is 0 Å². The van der Waals surface area contributed by atoms with E-state index in [-0.39, 0.29) is 5.91 Å². The number of nitrogens with zero attached hydrogens (tertiary/aromatic N) is 1. The molecule has 1 aromatic heterocycles. The van der Waals surface area contributed by atoms with Crippen molar-refractivity contribution >= 4 is 40.1 Å². The van der Waals surface area contributed by atoms with Crippen molar-refractivity contribution in [3.05, 3.63) is 6.20 Å². The zero-order valence-corrected chi connectivity index (χ0v) is 20.7. The second kappa shape index (κ2) is 11.7. The Morgan fingerprint density at radius 2 is 1.81 bits per heavy atom. The number of carboxylic acids is 1. The van der Waals surface area contributed by atoms with Crippen LogP contribution in [0.3, 0.4) is 0 Å². The van der Waals surface area contributed by atoms with Gasteiger partial charge >= 0.3 is 5.97 Å². The van der Waals surface area contributed by atoms with Crippen molar-refractivity contribution in [3.8, 4) is 0 Å². The molecule has 0 radical (unpaired) electrons. The number of hydrogen-bond acceptors (Lipinski definition) is 5. The average Bonchev–Trinajstić information content (AvgIpc) is 3.18. The number of carbonyl (C=O) groups is 2. The summed E-state index contributed by atoms with van der Waals surface area (Å²) in [5.74, 6) is 1.51. The van der Waals surface area contributed by atoms with Crippen LogP contribution in [0, 0.1) is 17.8 Å². The molecule has 1 unspecified atom stereocenters. The van der Waals surface area contributed by atoms with Gasteiger partial charge in [-0.1, -0.05) is 87.3 Å². The number of anilines is 1. The first-order valence-electron chi connectivity index (χ1n) is 12.0. The Morgan fingerprint density at radius 3 is 2.45 bits per heavy atom. The molecule has 1 amide bonds. The van der Waals surface area contributed by atoms with Crippen molar-refractivity contribution in [1.82, 2.24) is 4.98 Å². The lowest BCUT2D eigenvalue weighted by molar-refractivity contribution is -0.138. The van der Waals surface area contributed by atoms with Crippen LogP contribution in [-0.4, -0.2) is 26.7 Å². The maximum atomic E-state index is 12.6. The number of aromatic nitrogens is 1. The number of rotatable bonds is 10. The van der Waals surface area contributed by atoms with Crippen LogP contribution in [-0.2, 0) is 9.59 Å².